The number of anilines is 2. The van der Waals surface area contributed by atoms with Gasteiger partial charge in [0.05, 0.1) is 32.7 Å². The van der Waals surface area contributed by atoms with Crippen LogP contribution in [0, 0.1) is 6.92 Å². The van der Waals surface area contributed by atoms with Crippen LogP contribution >= 0.6 is 0 Å². The molecule has 5 nitrogen and oxygen atoms in total. The van der Waals surface area contributed by atoms with Crippen LogP contribution < -0.4 is 20.8 Å². The van der Waals surface area contributed by atoms with E-state index >= 15 is 0 Å². The highest BCUT2D eigenvalue weighted by atomic mass is 15.7. The van der Waals surface area contributed by atoms with Gasteiger partial charge in [0.15, 0.2) is 5.84 Å². The summed E-state index contributed by atoms with van der Waals surface area (Å²) in [6.45, 7) is 17.8. The van der Waals surface area contributed by atoms with Crippen molar-refractivity contribution in [2.45, 2.75) is 92.5 Å². The Labute approximate surface area is 368 Å². The fourth-order valence-electron chi connectivity index (χ4n) is 9.10. The Bertz CT molecular complexity index is 2070. The van der Waals surface area contributed by atoms with Crippen LogP contribution in [0.25, 0.3) is 0 Å². The first-order valence-corrected chi connectivity index (χ1v) is 23.3. The van der Waals surface area contributed by atoms with Crippen LogP contribution in [-0.2, 0) is 6.54 Å². The first-order chi connectivity index (χ1) is 30.0. The van der Waals surface area contributed by atoms with Gasteiger partial charge in [0.2, 0.25) is 0 Å². The van der Waals surface area contributed by atoms with Gasteiger partial charge in [0, 0.05) is 16.9 Å². The highest BCUT2D eigenvalue weighted by Crippen LogP contribution is 2.36. The zero-order valence-corrected chi connectivity index (χ0v) is 37.7. The van der Waals surface area contributed by atoms with E-state index in [9.17, 15) is 0 Å². The molecule has 0 atom stereocenters. The molecule has 1 aliphatic rings. The van der Waals surface area contributed by atoms with E-state index in [2.05, 4.69) is 225 Å². The quantitative estimate of drug-likeness (QED) is 0.0601. The number of unbranched alkanes of at least 4 members (excludes halogenated alkanes) is 4. The van der Waals surface area contributed by atoms with Crippen LogP contribution in [0.15, 0.2) is 181 Å². The van der Waals surface area contributed by atoms with Crippen molar-refractivity contribution < 1.29 is 4.48 Å². The molecule has 7 rings (SSSR count). The van der Waals surface area contributed by atoms with Crippen LogP contribution in [0.3, 0.4) is 0 Å². The van der Waals surface area contributed by atoms with Gasteiger partial charge >= 0.3 is 0 Å². The molecule has 0 aliphatic carbocycles. The molecule has 0 saturated heterocycles. The maximum absolute atomic E-state index is 5.67. The smallest absolute Gasteiger partial charge is 0.278 e. The third kappa shape index (κ3) is 11.0. The predicted molar refractivity (Wildman–Crippen MR) is 265 cm³/mol. The van der Waals surface area contributed by atoms with E-state index in [4.69, 9.17) is 5.10 Å². The minimum atomic E-state index is -1.91. The van der Waals surface area contributed by atoms with Gasteiger partial charge < -0.3 is 14.3 Å². The molecule has 6 aromatic rings. The van der Waals surface area contributed by atoms with Crippen molar-refractivity contribution in [2.75, 3.05) is 36.0 Å². The number of hydrazine groups is 1. The van der Waals surface area contributed by atoms with E-state index in [1.54, 1.807) is 0 Å². The van der Waals surface area contributed by atoms with Gasteiger partial charge in [-0.3, -0.25) is 5.01 Å². The second-order valence-electron chi connectivity index (χ2n) is 16.9. The molecule has 6 aromatic carbocycles. The topological polar surface area (TPSA) is 22.1 Å². The first-order valence-electron chi connectivity index (χ1n) is 23.3. The van der Waals surface area contributed by atoms with Gasteiger partial charge in [-0.15, -0.1) is 0 Å². The van der Waals surface area contributed by atoms with E-state index < -0.39 is 6.42 Å². The second-order valence-corrected chi connectivity index (χ2v) is 16.9. The Balaban J connectivity index is 0.000000312. The molecule has 318 valence electrons. The molecule has 0 aromatic heterocycles. The third-order valence-electron chi connectivity index (χ3n) is 12.4. The van der Waals surface area contributed by atoms with Crippen molar-refractivity contribution in [3.8, 4) is 0 Å². The lowest BCUT2D eigenvalue weighted by molar-refractivity contribution is -0.929. The number of amidine groups is 1. The van der Waals surface area contributed by atoms with Gasteiger partial charge in [-0.2, -0.15) is 16.0 Å². The lowest BCUT2D eigenvalue weighted by atomic mass is 9.35. The summed E-state index contributed by atoms with van der Waals surface area (Å²) in [6, 6.07) is 62.4. The molecule has 61 heavy (non-hydrogen) atoms. The van der Waals surface area contributed by atoms with Crippen LogP contribution in [0.4, 0.5) is 11.4 Å². The average Bonchev–Trinajstić information content (AvgIpc) is 3.32. The Morgan fingerprint density at radius 2 is 0.852 bits per heavy atom. The van der Waals surface area contributed by atoms with Crippen LogP contribution in [0.1, 0.15) is 95.8 Å². The zero-order chi connectivity index (χ0) is 42.8. The van der Waals surface area contributed by atoms with Crippen LogP contribution in [0.2, 0.25) is 0 Å². The minimum Gasteiger partial charge on any atom is -0.425 e. The predicted octanol–water partition coefficient (Wildman–Crippen LogP) is 12.4. The van der Waals surface area contributed by atoms with Crippen LogP contribution in [-0.4, -0.2) is 47.9 Å². The van der Waals surface area contributed by atoms with E-state index in [-0.39, 0.29) is 0 Å². The summed E-state index contributed by atoms with van der Waals surface area (Å²) >= 11 is 0. The maximum atomic E-state index is 5.67. The fraction of sp³-hybridized carbons (Fsp3) is 0.327. The Hall–Kier alpha value is -5.59. The summed E-state index contributed by atoms with van der Waals surface area (Å²) in [7, 11) is 0. The normalized spacial score (nSPS) is 13.7. The Kier molecular flexibility index (Phi) is 16.8. The molecule has 0 unspecified atom stereocenters. The number of quaternary nitrogens is 1. The zero-order valence-electron chi connectivity index (χ0n) is 37.7. The number of rotatable bonds is 19. The monoisotopic (exact) mass is 812 g/mol. The number of hydrazone groups is 1. The second kappa shape index (κ2) is 22.9. The number of para-hydroxylation sites is 2. The number of hydrogen-bond donors (Lipinski definition) is 0. The average molecular weight is 812 g/mol. The van der Waals surface area contributed by atoms with E-state index in [0.717, 1.165) is 33.7 Å². The van der Waals surface area contributed by atoms with Gasteiger partial charge in [-0.25, -0.2) is 0 Å². The van der Waals surface area contributed by atoms with Crippen molar-refractivity contribution in [3.63, 3.8) is 0 Å². The third-order valence-corrected chi connectivity index (χ3v) is 12.4. The molecular formula is C55H70BN5. The first kappa shape index (κ1) is 45.0. The molecule has 0 fully saturated rings. The van der Waals surface area contributed by atoms with Gasteiger partial charge in [-0.1, -0.05) is 211 Å². The molecule has 6 heteroatoms. The van der Waals surface area contributed by atoms with Crippen LogP contribution in [0.5, 0.6) is 0 Å². The van der Waals surface area contributed by atoms with Crippen molar-refractivity contribution in [1.29, 1.82) is 0 Å². The summed E-state index contributed by atoms with van der Waals surface area (Å²) in [4.78, 5) is 4.78. The van der Waals surface area contributed by atoms with Crippen molar-refractivity contribution in [1.82, 2.24) is 5.01 Å². The van der Waals surface area contributed by atoms with Gasteiger partial charge in [0.1, 0.15) is 0 Å². The van der Waals surface area contributed by atoms with E-state index in [0.29, 0.717) is 6.54 Å². The van der Waals surface area contributed by atoms with E-state index in [1.165, 1.54) is 93.2 Å². The number of hydrogen-bond acceptors (Lipinski definition) is 4. The summed E-state index contributed by atoms with van der Waals surface area (Å²) in [6.07, 6.45) is 9.15. The molecule has 0 saturated carbocycles. The lowest BCUT2D eigenvalue weighted by Crippen LogP contribution is -2.84. The largest absolute Gasteiger partial charge is 0.425 e. The highest BCUT2D eigenvalue weighted by Gasteiger charge is 2.48. The van der Waals surface area contributed by atoms with Crippen molar-refractivity contribution in [2.24, 2.45) is 5.10 Å². The fourth-order valence-corrected chi connectivity index (χ4v) is 9.10. The molecular weight excluding hydrogens is 741 g/mol. The maximum Gasteiger partial charge on any atom is 0.278 e. The molecule has 0 radical (unpaired) electrons. The summed E-state index contributed by atoms with van der Waals surface area (Å²) < 4.78 is 1.42. The van der Waals surface area contributed by atoms with Gasteiger partial charge in [-0.05, 0) is 62.4 Å². The Morgan fingerprint density at radius 3 is 1.28 bits per heavy atom. The molecule has 0 spiro atoms. The SMILES string of the molecule is CCCC[N+](CCCC)(CCCC)CCCC.Cc1ccc(C2=NN(c3ccccc3)[B-](c3ccccc3)(c3ccccc3)N(c3ccccc3)N2Cc2ccccc2)cc1. The summed E-state index contributed by atoms with van der Waals surface area (Å²) in [5.74, 6) is 0.880. The standard InChI is InChI=1S/C39H34BN4.C16H36N/c1-32-27-29-34(30-28-32)39-41-43(37-23-13-5-14-24-37)40(35-19-9-3-10-20-35,36-21-11-4-12-22-36)44(38-25-15-6-16-26-38)42(39)31-33-17-7-2-8-18-33;1-5-9-13-17(14-10-6-2,15-11-7-3)16-12-8-4/h2-30H,31H2,1H3;5-16H2,1-4H3/q-1;+1. The van der Waals surface area contributed by atoms with Crippen molar-refractivity contribution >= 4 is 34.6 Å². The highest BCUT2D eigenvalue weighted by molar-refractivity contribution is 7.07. The van der Waals surface area contributed by atoms with Gasteiger partial charge in [0.25, 0.3) is 6.42 Å². The summed E-state index contributed by atoms with van der Waals surface area (Å²) in [5.41, 5.74) is 7.90. The minimum absolute atomic E-state index is 0.633. The summed E-state index contributed by atoms with van der Waals surface area (Å²) in [5, 5.41) is 8.06. The number of benzene rings is 6. The molecule has 1 heterocycles. The number of nitrogens with zero attached hydrogens (tertiary/aromatic N) is 5. The van der Waals surface area contributed by atoms with Crippen molar-refractivity contribution in [3.05, 3.63) is 193 Å². The molecule has 1 aliphatic heterocycles. The Morgan fingerprint density at radius 1 is 0.459 bits per heavy atom. The number of aryl methyl sites for hydroxylation is 1. The molecule has 0 amide bonds. The molecule has 0 bridgehead atoms. The molecule has 0 N–H and O–H groups in total. The lowest BCUT2D eigenvalue weighted by Gasteiger charge is -2.65. The van der Waals surface area contributed by atoms with E-state index in [1.807, 2.05) is 0 Å².